The molecule has 12 heteroatoms. The molecule has 0 saturated carbocycles. The van der Waals surface area contributed by atoms with Gasteiger partial charge in [0.15, 0.2) is 0 Å². The SMILES string of the molecule is COCC(C)Nc1ccc2c(C(=O)NCC(c3cnc(C(F)(F)F)nc3)N3CCOCC3)cccc2n1. The highest BCUT2D eigenvalue weighted by Crippen LogP contribution is 2.27. The second kappa shape index (κ2) is 11.8. The molecule has 0 radical (unpaired) electrons. The summed E-state index contributed by atoms with van der Waals surface area (Å²) in [5.41, 5.74) is 1.59. The molecule has 198 valence electrons. The summed E-state index contributed by atoms with van der Waals surface area (Å²) in [6, 6.07) is 8.59. The zero-order valence-corrected chi connectivity index (χ0v) is 20.6. The fourth-order valence-corrected chi connectivity index (χ4v) is 4.27. The van der Waals surface area contributed by atoms with E-state index in [0.717, 1.165) is 0 Å². The normalized spacial score (nSPS) is 16.4. The molecule has 0 bridgehead atoms. The topological polar surface area (TPSA) is 102 Å². The van der Waals surface area contributed by atoms with Gasteiger partial charge in [-0.15, -0.1) is 0 Å². The molecule has 1 aliphatic rings. The lowest BCUT2D eigenvalue weighted by Gasteiger charge is -2.34. The number of hydrogen-bond donors (Lipinski definition) is 2. The van der Waals surface area contributed by atoms with Crippen LogP contribution in [-0.2, 0) is 15.7 Å². The Bertz CT molecular complexity index is 1200. The Hall–Kier alpha value is -3.35. The summed E-state index contributed by atoms with van der Waals surface area (Å²) in [4.78, 5) is 26.9. The maximum atomic E-state index is 13.2. The summed E-state index contributed by atoms with van der Waals surface area (Å²) in [7, 11) is 1.63. The lowest BCUT2D eigenvalue weighted by atomic mass is 10.1. The predicted molar refractivity (Wildman–Crippen MR) is 131 cm³/mol. The molecule has 2 N–H and O–H groups in total. The van der Waals surface area contributed by atoms with Crippen LogP contribution in [0.3, 0.4) is 0 Å². The van der Waals surface area contributed by atoms with Gasteiger partial charge in [-0.2, -0.15) is 13.2 Å². The minimum Gasteiger partial charge on any atom is -0.383 e. The van der Waals surface area contributed by atoms with E-state index in [1.807, 2.05) is 24.0 Å². The van der Waals surface area contributed by atoms with Crippen LogP contribution in [-0.4, -0.2) is 78.4 Å². The van der Waals surface area contributed by atoms with Gasteiger partial charge in [-0.3, -0.25) is 9.69 Å². The number of fused-ring (bicyclic) bond motifs is 1. The first-order chi connectivity index (χ1) is 17.8. The van der Waals surface area contributed by atoms with Crippen LogP contribution >= 0.6 is 0 Å². The molecule has 0 aliphatic carbocycles. The number of halogens is 3. The zero-order valence-electron chi connectivity index (χ0n) is 20.6. The number of carbonyl (C=O) groups excluding carboxylic acids is 1. The third-order valence-corrected chi connectivity index (χ3v) is 6.04. The van der Waals surface area contributed by atoms with Crippen molar-refractivity contribution in [2.24, 2.45) is 0 Å². The van der Waals surface area contributed by atoms with Crippen LogP contribution in [0.5, 0.6) is 0 Å². The van der Waals surface area contributed by atoms with Crippen LogP contribution in [0.25, 0.3) is 10.9 Å². The van der Waals surface area contributed by atoms with Crippen molar-refractivity contribution in [2.45, 2.75) is 25.2 Å². The maximum absolute atomic E-state index is 13.2. The van der Waals surface area contributed by atoms with Crippen LogP contribution in [0.2, 0.25) is 0 Å². The van der Waals surface area contributed by atoms with Crippen LogP contribution < -0.4 is 10.6 Å². The number of nitrogens with one attached hydrogen (secondary N) is 2. The summed E-state index contributed by atoms with van der Waals surface area (Å²) in [5, 5.41) is 6.88. The second-order valence-electron chi connectivity index (χ2n) is 8.78. The van der Waals surface area contributed by atoms with Crippen molar-refractivity contribution in [3.63, 3.8) is 0 Å². The molecule has 3 heterocycles. The maximum Gasteiger partial charge on any atom is 0.451 e. The number of anilines is 1. The fraction of sp³-hybridized carbons (Fsp3) is 0.440. The Kier molecular flexibility index (Phi) is 8.52. The molecule has 1 amide bonds. The van der Waals surface area contributed by atoms with Gasteiger partial charge in [-0.05, 0) is 31.2 Å². The predicted octanol–water partition coefficient (Wildman–Crippen LogP) is 3.29. The number of hydrogen-bond acceptors (Lipinski definition) is 8. The van der Waals surface area contributed by atoms with Crippen LogP contribution in [0.15, 0.2) is 42.7 Å². The van der Waals surface area contributed by atoms with Crippen molar-refractivity contribution >= 4 is 22.6 Å². The van der Waals surface area contributed by atoms with E-state index >= 15 is 0 Å². The molecule has 1 aromatic carbocycles. The van der Waals surface area contributed by atoms with Gasteiger partial charge in [-0.25, -0.2) is 15.0 Å². The quantitative estimate of drug-likeness (QED) is 0.445. The van der Waals surface area contributed by atoms with E-state index in [-0.39, 0.29) is 18.5 Å². The molecule has 1 fully saturated rings. The average molecular weight is 519 g/mol. The summed E-state index contributed by atoms with van der Waals surface area (Å²) in [5.74, 6) is -0.842. The molecule has 2 aromatic heterocycles. The third-order valence-electron chi connectivity index (χ3n) is 6.04. The average Bonchev–Trinajstić information content (AvgIpc) is 2.88. The number of benzene rings is 1. The van der Waals surface area contributed by atoms with Crippen molar-refractivity contribution < 1.29 is 27.4 Å². The minimum atomic E-state index is -4.62. The molecule has 2 atom stereocenters. The number of methoxy groups -OCH3 is 1. The van der Waals surface area contributed by atoms with Gasteiger partial charge in [0.25, 0.3) is 5.91 Å². The lowest BCUT2D eigenvalue weighted by molar-refractivity contribution is -0.145. The molecule has 9 nitrogen and oxygen atoms in total. The van der Waals surface area contributed by atoms with Crippen molar-refractivity contribution in [1.82, 2.24) is 25.2 Å². The number of morpholine rings is 1. The highest BCUT2D eigenvalue weighted by atomic mass is 19.4. The number of nitrogens with zero attached hydrogens (tertiary/aromatic N) is 4. The molecule has 3 aromatic rings. The molecular weight excluding hydrogens is 489 g/mol. The fourth-order valence-electron chi connectivity index (χ4n) is 4.27. The molecular formula is C25H29F3N6O3. The minimum absolute atomic E-state index is 0.0627. The highest BCUT2D eigenvalue weighted by Gasteiger charge is 2.35. The Balaban J connectivity index is 1.52. The Morgan fingerprint density at radius 3 is 2.57 bits per heavy atom. The lowest BCUT2D eigenvalue weighted by Crippen LogP contribution is -2.44. The third kappa shape index (κ3) is 6.70. The smallest absolute Gasteiger partial charge is 0.383 e. The van der Waals surface area contributed by atoms with E-state index in [1.54, 1.807) is 25.3 Å². The standard InChI is InChI=1S/C25H29F3N6O3/c1-16(15-36-2)32-22-7-6-18-19(4-3-5-20(18)33-22)23(35)29-14-21(34-8-10-37-11-9-34)17-12-30-24(31-13-17)25(26,27)28/h3-7,12-13,16,21H,8-11,14-15H2,1-2H3,(H,29,35)(H,32,33). The van der Waals surface area contributed by atoms with Crippen molar-refractivity contribution in [2.75, 3.05) is 51.9 Å². The van der Waals surface area contributed by atoms with Gasteiger partial charge in [0.05, 0.1) is 31.4 Å². The van der Waals surface area contributed by atoms with Crippen molar-refractivity contribution in [3.8, 4) is 0 Å². The Morgan fingerprint density at radius 2 is 1.89 bits per heavy atom. The number of amides is 1. The number of pyridine rings is 1. The van der Waals surface area contributed by atoms with Gasteiger partial charge < -0.3 is 20.1 Å². The second-order valence-corrected chi connectivity index (χ2v) is 8.78. The van der Waals surface area contributed by atoms with Crippen LogP contribution in [0.1, 0.15) is 34.7 Å². The van der Waals surface area contributed by atoms with Crippen LogP contribution in [0.4, 0.5) is 19.0 Å². The first-order valence-electron chi connectivity index (χ1n) is 11.9. The Morgan fingerprint density at radius 1 is 1.16 bits per heavy atom. The molecule has 2 unspecified atom stereocenters. The number of ether oxygens (including phenoxy) is 2. The number of alkyl halides is 3. The molecule has 4 rings (SSSR count). The zero-order chi connectivity index (χ0) is 26.4. The first kappa shape index (κ1) is 26.7. The van der Waals surface area contributed by atoms with E-state index in [1.165, 1.54) is 12.4 Å². The summed E-state index contributed by atoms with van der Waals surface area (Å²) < 4.78 is 49.4. The van der Waals surface area contributed by atoms with E-state index in [0.29, 0.717) is 60.8 Å². The number of aromatic nitrogens is 3. The van der Waals surface area contributed by atoms with Crippen molar-refractivity contribution in [1.29, 1.82) is 0 Å². The molecule has 37 heavy (non-hydrogen) atoms. The molecule has 0 spiro atoms. The summed E-state index contributed by atoms with van der Waals surface area (Å²) in [6.07, 6.45) is -2.28. The monoisotopic (exact) mass is 518 g/mol. The van der Waals surface area contributed by atoms with E-state index < -0.39 is 18.0 Å². The first-order valence-corrected chi connectivity index (χ1v) is 11.9. The van der Waals surface area contributed by atoms with E-state index in [9.17, 15) is 18.0 Å². The van der Waals surface area contributed by atoms with Gasteiger partial charge >= 0.3 is 6.18 Å². The van der Waals surface area contributed by atoms with Gasteiger partial charge in [0, 0.05) is 61.7 Å². The highest BCUT2D eigenvalue weighted by molar-refractivity contribution is 6.06. The molecule has 1 aliphatic heterocycles. The number of carbonyl (C=O) groups is 1. The Labute approximate surface area is 212 Å². The summed E-state index contributed by atoms with van der Waals surface area (Å²) in [6.45, 7) is 4.77. The largest absolute Gasteiger partial charge is 0.451 e. The van der Waals surface area contributed by atoms with Crippen LogP contribution in [0, 0.1) is 0 Å². The van der Waals surface area contributed by atoms with Gasteiger partial charge in [0.2, 0.25) is 5.82 Å². The molecule has 1 saturated heterocycles. The van der Waals surface area contributed by atoms with E-state index in [4.69, 9.17) is 9.47 Å². The van der Waals surface area contributed by atoms with E-state index in [2.05, 4.69) is 25.6 Å². The summed E-state index contributed by atoms with van der Waals surface area (Å²) >= 11 is 0. The van der Waals surface area contributed by atoms with Gasteiger partial charge in [-0.1, -0.05) is 6.07 Å². The van der Waals surface area contributed by atoms with Crippen molar-refractivity contribution in [3.05, 3.63) is 59.7 Å². The number of rotatable bonds is 9. The van der Waals surface area contributed by atoms with Gasteiger partial charge in [0.1, 0.15) is 5.82 Å².